The summed E-state index contributed by atoms with van der Waals surface area (Å²) in [7, 11) is -1.67. The number of hydrogen-bond donors (Lipinski definition) is 1. The molecule has 0 radical (unpaired) electrons. The van der Waals surface area contributed by atoms with E-state index >= 15 is 0 Å². The quantitative estimate of drug-likeness (QED) is 0.320. The van der Waals surface area contributed by atoms with E-state index in [2.05, 4.69) is 20.3 Å². The Kier molecular flexibility index (Phi) is 7.92. The van der Waals surface area contributed by atoms with Gasteiger partial charge in [0.1, 0.15) is 11.8 Å². The molecule has 186 valence electrons. The molecule has 1 N–H and O–H groups in total. The van der Waals surface area contributed by atoms with Crippen LogP contribution in [0.2, 0.25) is 0 Å². The number of benzene rings is 1. The van der Waals surface area contributed by atoms with Gasteiger partial charge in [-0.25, -0.2) is 19.7 Å². The third kappa shape index (κ3) is 5.59. The van der Waals surface area contributed by atoms with Crippen molar-refractivity contribution in [2.24, 2.45) is 0 Å². The number of hydrogen-bond acceptors (Lipinski definition) is 10. The Bertz CT molecular complexity index is 1220. The number of imidazole rings is 1. The zero-order valence-electron chi connectivity index (χ0n) is 19.7. The summed E-state index contributed by atoms with van der Waals surface area (Å²) in [4.78, 5) is 25.8. The van der Waals surface area contributed by atoms with Crippen LogP contribution >= 0.6 is 7.60 Å². The van der Waals surface area contributed by atoms with Gasteiger partial charge in [-0.2, -0.15) is 0 Å². The van der Waals surface area contributed by atoms with Crippen molar-refractivity contribution in [1.29, 1.82) is 0 Å². The first-order chi connectivity index (χ1) is 17.0. The van der Waals surface area contributed by atoms with E-state index in [1.165, 1.54) is 12.1 Å². The van der Waals surface area contributed by atoms with E-state index in [1.807, 2.05) is 6.07 Å². The minimum Gasteiger partial charge on any atom is -0.454 e. The second-order valence-corrected chi connectivity index (χ2v) is 9.52. The number of nitrogens with one attached hydrogen (secondary N) is 1. The number of esters is 1. The van der Waals surface area contributed by atoms with E-state index < -0.39 is 32.0 Å². The monoisotopic (exact) mass is 501 g/mol. The molecule has 0 aliphatic carbocycles. The molecule has 2 aromatic heterocycles. The van der Waals surface area contributed by atoms with Gasteiger partial charge < -0.3 is 23.8 Å². The molecule has 0 amide bonds. The largest absolute Gasteiger partial charge is 0.454 e. The molecule has 3 atom stereocenters. The summed E-state index contributed by atoms with van der Waals surface area (Å²) < 4.78 is 37.3. The maximum atomic E-state index is 12.9. The molecule has 11 nitrogen and oxygen atoms in total. The third-order valence-electron chi connectivity index (χ3n) is 5.34. The molecule has 1 saturated heterocycles. The number of fused-ring (bicyclic) bond motifs is 1. The maximum absolute atomic E-state index is 12.9. The number of nitrogens with zero attached hydrogens (tertiary/aromatic N) is 4. The number of carbonyl (C=O) groups excluding carboxylic acids is 1. The second-order valence-electron chi connectivity index (χ2n) is 7.62. The van der Waals surface area contributed by atoms with Crippen molar-refractivity contribution in [3.63, 3.8) is 0 Å². The van der Waals surface area contributed by atoms with Gasteiger partial charge in [-0.05, 0) is 32.1 Å². The fraction of sp³-hybridized carbons (Fsp3) is 0.391. The van der Waals surface area contributed by atoms with E-state index in [-0.39, 0.29) is 13.2 Å². The van der Waals surface area contributed by atoms with Gasteiger partial charge in [0.15, 0.2) is 23.8 Å². The third-order valence-corrected chi connectivity index (χ3v) is 7.11. The molecule has 3 aromatic rings. The Morgan fingerprint density at radius 3 is 2.63 bits per heavy atom. The lowest BCUT2D eigenvalue weighted by Crippen LogP contribution is -2.25. The summed E-state index contributed by atoms with van der Waals surface area (Å²) in [5.41, 5.74) is 1.51. The highest BCUT2D eigenvalue weighted by atomic mass is 31.2. The average molecular weight is 501 g/mol. The molecule has 12 heteroatoms. The van der Waals surface area contributed by atoms with E-state index in [1.54, 1.807) is 62.1 Å². The van der Waals surface area contributed by atoms with E-state index in [0.717, 1.165) is 0 Å². The van der Waals surface area contributed by atoms with Crippen LogP contribution in [0.5, 0.6) is 0 Å². The van der Waals surface area contributed by atoms with Crippen LogP contribution in [0.25, 0.3) is 11.2 Å². The highest BCUT2D eigenvalue weighted by Gasteiger charge is 2.40. The van der Waals surface area contributed by atoms with Crippen molar-refractivity contribution >= 4 is 30.5 Å². The Labute approximate surface area is 203 Å². The number of anilines is 1. The molecule has 0 unspecified atom stereocenters. The van der Waals surface area contributed by atoms with Gasteiger partial charge in [0.25, 0.3) is 0 Å². The highest BCUT2D eigenvalue weighted by molar-refractivity contribution is 7.57. The summed E-state index contributed by atoms with van der Waals surface area (Å²) in [6, 6.07) is 8.73. The Balaban J connectivity index is 1.64. The Morgan fingerprint density at radius 2 is 1.94 bits per heavy atom. The lowest BCUT2D eigenvalue weighted by atomic mass is 10.2. The molecular formula is C23H28N5O6P. The molecule has 0 bridgehead atoms. The van der Waals surface area contributed by atoms with Crippen molar-refractivity contribution in [2.75, 3.05) is 25.6 Å². The first-order valence-corrected chi connectivity index (χ1v) is 12.9. The van der Waals surface area contributed by atoms with Crippen molar-refractivity contribution in [3.05, 3.63) is 60.4 Å². The molecule has 1 aliphatic rings. The summed E-state index contributed by atoms with van der Waals surface area (Å²) in [6.07, 6.45) is 3.03. The number of ether oxygens (including phenoxy) is 2. The smallest absolute Gasteiger partial charge is 0.353 e. The van der Waals surface area contributed by atoms with Gasteiger partial charge in [0.05, 0.1) is 31.2 Å². The first kappa shape index (κ1) is 25.0. The van der Waals surface area contributed by atoms with Crippen molar-refractivity contribution < 1.29 is 27.9 Å². The lowest BCUT2D eigenvalue weighted by molar-refractivity contribution is -0.0381. The molecule has 35 heavy (non-hydrogen) atoms. The number of carbonyl (C=O) groups is 1. The Morgan fingerprint density at radius 1 is 1.20 bits per heavy atom. The van der Waals surface area contributed by atoms with Crippen LogP contribution < -0.4 is 5.32 Å². The number of rotatable bonds is 10. The fourth-order valence-corrected chi connectivity index (χ4v) is 5.20. The van der Waals surface area contributed by atoms with Crippen LogP contribution in [0.15, 0.2) is 54.9 Å². The van der Waals surface area contributed by atoms with Gasteiger partial charge in [-0.3, -0.25) is 9.13 Å². The molecule has 0 saturated carbocycles. The van der Waals surface area contributed by atoms with Crippen LogP contribution in [0.3, 0.4) is 0 Å². The predicted octanol–water partition coefficient (Wildman–Crippen LogP) is 4.16. The van der Waals surface area contributed by atoms with Crippen LogP contribution in [0.4, 0.5) is 5.82 Å². The molecule has 1 aliphatic heterocycles. The first-order valence-electron chi connectivity index (χ1n) is 11.3. The maximum Gasteiger partial charge on any atom is 0.353 e. The predicted molar refractivity (Wildman–Crippen MR) is 129 cm³/mol. The summed E-state index contributed by atoms with van der Waals surface area (Å²) >= 11 is 0. The Hall–Kier alpha value is -3.11. The van der Waals surface area contributed by atoms with Gasteiger partial charge in [0, 0.05) is 19.3 Å². The summed E-state index contributed by atoms with van der Waals surface area (Å²) in [5, 5.41) is 2.99. The van der Waals surface area contributed by atoms with Gasteiger partial charge in [-0.1, -0.05) is 18.2 Å². The van der Waals surface area contributed by atoms with Gasteiger partial charge >= 0.3 is 13.6 Å². The molecular weight excluding hydrogens is 473 g/mol. The van der Waals surface area contributed by atoms with Crippen LogP contribution in [-0.4, -0.2) is 58.0 Å². The topological polar surface area (TPSA) is 127 Å². The number of aromatic nitrogens is 4. The molecule has 1 aromatic carbocycles. The zero-order valence-corrected chi connectivity index (χ0v) is 20.6. The highest BCUT2D eigenvalue weighted by Crippen LogP contribution is 2.50. The zero-order chi connectivity index (χ0) is 24.8. The summed E-state index contributed by atoms with van der Waals surface area (Å²) in [5.74, 6) is 1.49. The fourth-order valence-electron chi connectivity index (χ4n) is 3.83. The SMILES string of the molecule is CCOP(=O)(C=C[C@@H]1C[C@@H](OC(=O)c2ccccc2)[C@H](n2cnc3c(NC)ncnc32)O1)OCC. The minimum atomic E-state index is -3.41. The molecule has 3 heterocycles. The van der Waals surface area contributed by atoms with Crippen LogP contribution in [0, 0.1) is 0 Å². The minimum absolute atomic E-state index is 0.238. The molecule has 1 fully saturated rings. The van der Waals surface area contributed by atoms with E-state index in [0.29, 0.717) is 29.0 Å². The van der Waals surface area contributed by atoms with Crippen LogP contribution in [0.1, 0.15) is 36.9 Å². The van der Waals surface area contributed by atoms with Crippen molar-refractivity contribution in [1.82, 2.24) is 19.5 Å². The standard InChI is InChI=1S/C23H28N5O6P/c1-4-31-35(30,32-5-2)12-11-17-13-18(34-23(29)16-9-7-6-8-10-16)22(33-17)28-15-27-19-20(24-3)25-14-26-21(19)28/h6-12,14-15,17-18,22H,4-5,13H2,1-3H3,(H,24,25,26)/t17-,18-,22-/m1/s1. The molecule has 0 spiro atoms. The van der Waals surface area contributed by atoms with Crippen LogP contribution in [-0.2, 0) is 23.1 Å². The van der Waals surface area contributed by atoms with Gasteiger partial charge in [0.2, 0.25) is 0 Å². The molecule has 4 rings (SSSR count). The second kappa shape index (κ2) is 11.1. The van der Waals surface area contributed by atoms with E-state index in [9.17, 15) is 9.36 Å². The van der Waals surface area contributed by atoms with E-state index in [4.69, 9.17) is 18.5 Å². The summed E-state index contributed by atoms with van der Waals surface area (Å²) in [6.45, 7) is 3.96. The average Bonchev–Trinajstić information content (AvgIpc) is 3.47. The van der Waals surface area contributed by atoms with Gasteiger partial charge in [-0.15, -0.1) is 0 Å². The lowest BCUT2D eigenvalue weighted by Gasteiger charge is -2.20. The van der Waals surface area contributed by atoms with Crippen molar-refractivity contribution in [2.45, 2.75) is 38.7 Å². The normalized spacial score (nSPS) is 20.5. The van der Waals surface area contributed by atoms with Crippen molar-refractivity contribution in [3.8, 4) is 0 Å².